The molecule has 5 heteroatoms. The summed E-state index contributed by atoms with van der Waals surface area (Å²) in [6.45, 7) is 6.16. The van der Waals surface area contributed by atoms with Crippen LogP contribution in [0, 0.1) is 13.0 Å². The maximum Gasteiger partial charge on any atom is 0.241 e. The van der Waals surface area contributed by atoms with Crippen LogP contribution in [0.2, 0.25) is 0 Å². The fourth-order valence-electron chi connectivity index (χ4n) is 2.06. The van der Waals surface area contributed by atoms with Crippen LogP contribution in [-0.4, -0.2) is 46.8 Å². The fraction of sp³-hybridized carbons (Fsp3) is 0.667. The van der Waals surface area contributed by atoms with Gasteiger partial charge in [-0.25, -0.2) is 0 Å². The second kappa shape index (κ2) is 5.82. The van der Waals surface area contributed by atoms with Gasteiger partial charge >= 0.3 is 0 Å². The number of amides is 1. The molecule has 0 bridgehead atoms. The second-order valence-corrected chi connectivity index (χ2v) is 4.46. The van der Waals surface area contributed by atoms with Crippen LogP contribution in [0.15, 0.2) is 6.20 Å². The number of carbonyl (C=O) groups excluding carboxylic acids is 1. The zero-order valence-electron chi connectivity index (χ0n) is 10.3. The highest BCUT2D eigenvalue weighted by atomic mass is 16.2. The van der Waals surface area contributed by atoms with Crippen LogP contribution >= 0.6 is 0 Å². The summed E-state index contributed by atoms with van der Waals surface area (Å²) in [5.41, 5.74) is 0.815. The molecule has 1 aromatic heterocycles. The third-order valence-electron chi connectivity index (χ3n) is 2.96. The van der Waals surface area contributed by atoms with Crippen molar-refractivity contribution in [3.63, 3.8) is 0 Å². The highest BCUT2D eigenvalue weighted by molar-refractivity contribution is 5.75. The molecule has 0 saturated carbocycles. The lowest BCUT2D eigenvalue weighted by molar-refractivity contribution is -0.121. The minimum absolute atomic E-state index is 0.0145. The van der Waals surface area contributed by atoms with E-state index in [2.05, 4.69) is 21.4 Å². The standard InChI is InChI=1S/C12H19N4O/c1-11-4-8-16(14-11)10-12(17)13-5-9-15-6-2-3-7-15/h8H,2-3,5-7,9-10H2,1H3,(H,13,17). The van der Waals surface area contributed by atoms with Crippen molar-refractivity contribution in [2.45, 2.75) is 26.3 Å². The Kier molecular flexibility index (Phi) is 4.14. The number of rotatable bonds is 5. The van der Waals surface area contributed by atoms with E-state index >= 15 is 0 Å². The maximum atomic E-state index is 11.6. The molecule has 2 heterocycles. The number of nitrogens with one attached hydrogen (secondary N) is 1. The van der Waals surface area contributed by atoms with Gasteiger partial charge in [0.15, 0.2) is 0 Å². The molecule has 1 aliphatic rings. The van der Waals surface area contributed by atoms with E-state index in [1.807, 2.05) is 6.92 Å². The van der Waals surface area contributed by atoms with Gasteiger partial charge in [0.05, 0.1) is 5.69 Å². The summed E-state index contributed by atoms with van der Waals surface area (Å²) in [7, 11) is 0. The highest BCUT2D eigenvalue weighted by Crippen LogP contribution is 2.05. The minimum Gasteiger partial charge on any atom is -0.353 e. The van der Waals surface area contributed by atoms with Gasteiger partial charge in [0, 0.05) is 25.4 Å². The molecule has 2 rings (SSSR count). The molecule has 0 spiro atoms. The van der Waals surface area contributed by atoms with Gasteiger partial charge in [-0.2, -0.15) is 5.10 Å². The first-order valence-electron chi connectivity index (χ1n) is 6.15. The van der Waals surface area contributed by atoms with Crippen LogP contribution in [0.4, 0.5) is 0 Å². The molecule has 5 nitrogen and oxygen atoms in total. The Morgan fingerprint density at radius 1 is 1.53 bits per heavy atom. The van der Waals surface area contributed by atoms with Crippen molar-refractivity contribution in [2.24, 2.45) is 0 Å². The number of aryl methyl sites for hydroxylation is 1. The Morgan fingerprint density at radius 2 is 2.29 bits per heavy atom. The largest absolute Gasteiger partial charge is 0.353 e. The SMILES string of the molecule is Cc1[c]cn(CC(=O)NCCN2CCCC2)n1. The van der Waals surface area contributed by atoms with Crippen LogP contribution < -0.4 is 5.32 Å². The van der Waals surface area contributed by atoms with Crippen molar-refractivity contribution >= 4 is 5.91 Å². The summed E-state index contributed by atoms with van der Waals surface area (Å²) in [5, 5.41) is 7.04. The quantitative estimate of drug-likeness (QED) is 0.793. The number of hydrogen-bond acceptors (Lipinski definition) is 3. The first-order valence-corrected chi connectivity index (χ1v) is 6.15. The van der Waals surface area contributed by atoms with Gasteiger partial charge in [0.2, 0.25) is 5.91 Å². The van der Waals surface area contributed by atoms with Crippen LogP contribution in [0.5, 0.6) is 0 Å². The zero-order chi connectivity index (χ0) is 12.1. The van der Waals surface area contributed by atoms with Crippen LogP contribution in [0.3, 0.4) is 0 Å². The Balaban J connectivity index is 1.63. The minimum atomic E-state index is 0.0145. The average molecular weight is 235 g/mol. The zero-order valence-corrected chi connectivity index (χ0v) is 10.3. The molecule has 17 heavy (non-hydrogen) atoms. The maximum absolute atomic E-state index is 11.6. The molecule has 1 radical (unpaired) electrons. The third-order valence-corrected chi connectivity index (χ3v) is 2.96. The van der Waals surface area contributed by atoms with Gasteiger partial charge in [-0.3, -0.25) is 9.48 Å². The number of aromatic nitrogens is 2. The molecule has 1 aliphatic heterocycles. The Labute approximate surface area is 102 Å². The van der Waals surface area contributed by atoms with E-state index in [-0.39, 0.29) is 12.5 Å². The topological polar surface area (TPSA) is 50.2 Å². The number of nitrogens with zero attached hydrogens (tertiary/aromatic N) is 3. The van der Waals surface area contributed by atoms with E-state index in [9.17, 15) is 4.79 Å². The molecule has 93 valence electrons. The van der Waals surface area contributed by atoms with Gasteiger partial charge in [-0.15, -0.1) is 0 Å². The van der Waals surface area contributed by atoms with Crippen molar-refractivity contribution in [2.75, 3.05) is 26.2 Å². The summed E-state index contributed by atoms with van der Waals surface area (Å²) in [4.78, 5) is 14.0. The summed E-state index contributed by atoms with van der Waals surface area (Å²) < 4.78 is 1.61. The molecular formula is C12H19N4O. The number of carbonyl (C=O) groups is 1. The average Bonchev–Trinajstić information content (AvgIpc) is 2.90. The molecule has 0 unspecified atom stereocenters. The fourth-order valence-corrected chi connectivity index (χ4v) is 2.06. The molecule has 0 aliphatic carbocycles. The monoisotopic (exact) mass is 235 g/mol. The van der Waals surface area contributed by atoms with Crippen molar-refractivity contribution in [3.8, 4) is 0 Å². The lowest BCUT2D eigenvalue weighted by Crippen LogP contribution is -2.35. The molecular weight excluding hydrogens is 216 g/mol. The molecule has 1 amide bonds. The number of hydrogen-bond donors (Lipinski definition) is 1. The molecule has 0 aromatic carbocycles. The summed E-state index contributed by atoms with van der Waals surface area (Å²) in [6, 6.07) is 2.94. The van der Waals surface area contributed by atoms with E-state index in [4.69, 9.17) is 0 Å². The predicted molar refractivity (Wildman–Crippen MR) is 64.5 cm³/mol. The van der Waals surface area contributed by atoms with Crippen molar-refractivity contribution in [1.29, 1.82) is 0 Å². The number of likely N-dealkylation sites (tertiary alicyclic amines) is 1. The Hall–Kier alpha value is -1.36. The Morgan fingerprint density at radius 3 is 2.94 bits per heavy atom. The highest BCUT2D eigenvalue weighted by Gasteiger charge is 2.11. The predicted octanol–water partition coefficient (Wildman–Crippen LogP) is 0.204. The van der Waals surface area contributed by atoms with E-state index in [1.165, 1.54) is 25.9 Å². The van der Waals surface area contributed by atoms with E-state index in [1.54, 1.807) is 10.9 Å². The summed E-state index contributed by atoms with van der Waals surface area (Å²) in [5.74, 6) is 0.0145. The second-order valence-electron chi connectivity index (χ2n) is 4.46. The smallest absolute Gasteiger partial charge is 0.241 e. The van der Waals surface area contributed by atoms with E-state index < -0.39 is 0 Å². The normalized spacial score (nSPS) is 16.3. The van der Waals surface area contributed by atoms with Gasteiger partial charge < -0.3 is 10.2 Å². The lowest BCUT2D eigenvalue weighted by Gasteiger charge is -2.14. The van der Waals surface area contributed by atoms with Gasteiger partial charge in [0.1, 0.15) is 6.54 Å². The molecule has 1 N–H and O–H groups in total. The first-order chi connectivity index (χ1) is 8.24. The summed E-state index contributed by atoms with van der Waals surface area (Å²) in [6.07, 6.45) is 4.28. The van der Waals surface area contributed by atoms with Crippen LogP contribution in [0.1, 0.15) is 18.5 Å². The molecule has 1 fully saturated rings. The molecule has 1 saturated heterocycles. The van der Waals surface area contributed by atoms with Crippen molar-refractivity contribution in [3.05, 3.63) is 18.0 Å². The summed E-state index contributed by atoms with van der Waals surface area (Å²) >= 11 is 0. The molecule has 0 atom stereocenters. The molecule has 1 aromatic rings. The van der Waals surface area contributed by atoms with Crippen LogP contribution in [-0.2, 0) is 11.3 Å². The van der Waals surface area contributed by atoms with Gasteiger partial charge in [-0.05, 0) is 32.9 Å². The van der Waals surface area contributed by atoms with Gasteiger partial charge in [-0.1, -0.05) is 0 Å². The van der Waals surface area contributed by atoms with E-state index in [0.717, 1.165) is 18.8 Å². The lowest BCUT2D eigenvalue weighted by atomic mass is 10.4. The first kappa shape index (κ1) is 12.1. The third kappa shape index (κ3) is 3.85. The van der Waals surface area contributed by atoms with Crippen LogP contribution in [0.25, 0.3) is 0 Å². The van der Waals surface area contributed by atoms with E-state index in [0.29, 0.717) is 0 Å². The van der Waals surface area contributed by atoms with Crippen molar-refractivity contribution in [1.82, 2.24) is 20.0 Å². The van der Waals surface area contributed by atoms with Gasteiger partial charge in [0.25, 0.3) is 0 Å². The Bertz CT molecular complexity index is 368. The van der Waals surface area contributed by atoms with Crippen molar-refractivity contribution < 1.29 is 4.79 Å².